The fourth-order valence-corrected chi connectivity index (χ4v) is 2.59. The van der Waals surface area contributed by atoms with Crippen LogP contribution < -0.4 is 0 Å². The molecule has 0 radical (unpaired) electrons. The van der Waals surface area contributed by atoms with Gasteiger partial charge in [-0.1, -0.05) is 26.8 Å². The number of nitrogens with zero attached hydrogens (tertiary/aromatic N) is 1. The van der Waals surface area contributed by atoms with Crippen molar-refractivity contribution in [3.05, 3.63) is 28.8 Å². The Labute approximate surface area is 100.0 Å². The number of hydrogen-bond donors (Lipinski definition) is 1. The summed E-state index contributed by atoms with van der Waals surface area (Å²) in [5, 5.41) is 10.7. The topological polar surface area (TPSA) is 33.1 Å². The number of hydrogen-bond acceptors (Lipinski definition) is 3. The van der Waals surface area contributed by atoms with E-state index in [1.807, 2.05) is 18.2 Å². The second-order valence-electron chi connectivity index (χ2n) is 5.17. The first-order valence-corrected chi connectivity index (χ1v) is 6.28. The Morgan fingerprint density at radius 1 is 1.31 bits per heavy atom. The van der Waals surface area contributed by atoms with Crippen LogP contribution in [0, 0.1) is 0 Å². The van der Waals surface area contributed by atoms with Gasteiger partial charge in [-0.25, -0.2) is 4.98 Å². The molecular formula is C13H17NOS. The van der Waals surface area contributed by atoms with Crippen molar-refractivity contribution in [3.63, 3.8) is 0 Å². The van der Waals surface area contributed by atoms with Crippen molar-refractivity contribution in [3.8, 4) is 0 Å². The Morgan fingerprint density at radius 3 is 2.56 bits per heavy atom. The van der Waals surface area contributed by atoms with E-state index in [1.165, 1.54) is 0 Å². The molecule has 0 amide bonds. The number of aromatic nitrogens is 1. The van der Waals surface area contributed by atoms with Crippen LogP contribution in [-0.2, 0) is 5.41 Å². The van der Waals surface area contributed by atoms with Gasteiger partial charge in [-0.2, -0.15) is 0 Å². The number of fused-ring (bicyclic) bond motifs is 1. The molecule has 3 heteroatoms. The molecule has 1 heterocycles. The van der Waals surface area contributed by atoms with E-state index in [0.717, 1.165) is 20.8 Å². The summed E-state index contributed by atoms with van der Waals surface area (Å²) in [5.41, 5.74) is 2.07. The smallest absolute Gasteiger partial charge is 0.0992 e. The quantitative estimate of drug-likeness (QED) is 0.818. The summed E-state index contributed by atoms with van der Waals surface area (Å²) in [6.07, 6.45) is -0.412. The van der Waals surface area contributed by atoms with Gasteiger partial charge in [0, 0.05) is 5.41 Å². The molecule has 1 atom stereocenters. The molecule has 16 heavy (non-hydrogen) atoms. The third-order valence-electron chi connectivity index (χ3n) is 2.54. The standard InChI is InChI=1S/C13H17NOS/c1-8(15)9-5-6-10-11(7-9)16-12(14-10)13(2,3)4/h5-8,15H,1-4H3. The third-order valence-corrected chi connectivity index (χ3v) is 3.98. The van der Waals surface area contributed by atoms with Gasteiger partial charge < -0.3 is 5.11 Å². The maximum atomic E-state index is 9.53. The summed E-state index contributed by atoms with van der Waals surface area (Å²) in [6, 6.07) is 5.97. The van der Waals surface area contributed by atoms with Gasteiger partial charge in [-0.05, 0) is 24.6 Å². The van der Waals surface area contributed by atoms with E-state index in [-0.39, 0.29) is 5.41 Å². The number of rotatable bonds is 1. The first-order chi connectivity index (χ1) is 7.38. The molecule has 86 valence electrons. The third kappa shape index (κ3) is 2.11. The largest absolute Gasteiger partial charge is 0.389 e. The van der Waals surface area contributed by atoms with Gasteiger partial charge in [-0.15, -0.1) is 11.3 Å². The zero-order chi connectivity index (χ0) is 11.9. The lowest BCUT2D eigenvalue weighted by Crippen LogP contribution is -2.09. The summed E-state index contributed by atoms with van der Waals surface area (Å²) in [5.74, 6) is 0. The molecule has 0 aliphatic carbocycles. The fourth-order valence-electron chi connectivity index (χ4n) is 1.52. The first-order valence-electron chi connectivity index (χ1n) is 5.47. The second-order valence-corrected chi connectivity index (χ2v) is 6.20. The molecule has 0 aliphatic heterocycles. The highest BCUT2D eigenvalue weighted by Crippen LogP contribution is 2.32. The van der Waals surface area contributed by atoms with E-state index < -0.39 is 6.10 Å². The Morgan fingerprint density at radius 2 is 2.00 bits per heavy atom. The molecule has 0 spiro atoms. The van der Waals surface area contributed by atoms with Crippen molar-refractivity contribution < 1.29 is 5.11 Å². The minimum absolute atomic E-state index is 0.0919. The van der Waals surface area contributed by atoms with Crippen LogP contribution in [-0.4, -0.2) is 10.1 Å². The Bertz CT molecular complexity index is 508. The van der Waals surface area contributed by atoms with Crippen LogP contribution in [0.15, 0.2) is 18.2 Å². The first kappa shape index (κ1) is 11.6. The average Bonchev–Trinajstić information content (AvgIpc) is 2.58. The molecule has 0 aliphatic rings. The number of benzene rings is 1. The average molecular weight is 235 g/mol. The zero-order valence-electron chi connectivity index (χ0n) is 10.1. The summed E-state index contributed by atoms with van der Waals surface area (Å²) >= 11 is 1.71. The van der Waals surface area contributed by atoms with Gasteiger partial charge >= 0.3 is 0 Å². The molecule has 2 aromatic rings. The van der Waals surface area contributed by atoms with E-state index in [9.17, 15) is 5.11 Å². The van der Waals surface area contributed by atoms with Crippen LogP contribution in [0.25, 0.3) is 10.2 Å². The van der Waals surface area contributed by atoms with Crippen LogP contribution >= 0.6 is 11.3 Å². The van der Waals surface area contributed by atoms with Crippen molar-refractivity contribution in [1.82, 2.24) is 4.98 Å². The number of aliphatic hydroxyl groups excluding tert-OH is 1. The van der Waals surface area contributed by atoms with Gasteiger partial charge in [0.05, 0.1) is 21.3 Å². The molecule has 1 unspecified atom stereocenters. The summed E-state index contributed by atoms with van der Waals surface area (Å²) < 4.78 is 1.16. The van der Waals surface area contributed by atoms with Gasteiger partial charge in [0.1, 0.15) is 0 Å². The van der Waals surface area contributed by atoms with E-state index in [4.69, 9.17) is 0 Å². The molecule has 0 saturated heterocycles. The summed E-state index contributed by atoms with van der Waals surface area (Å²) in [4.78, 5) is 4.62. The maximum absolute atomic E-state index is 9.53. The normalized spacial score (nSPS) is 14.3. The molecule has 1 aromatic heterocycles. The van der Waals surface area contributed by atoms with Gasteiger partial charge in [0.15, 0.2) is 0 Å². The van der Waals surface area contributed by atoms with Crippen LogP contribution in [0.1, 0.15) is 44.4 Å². The lowest BCUT2D eigenvalue weighted by molar-refractivity contribution is 0.199. The Balaban J connectivity index is 2.54. The highest BCUT2D eigenvalue weighted by Gasteiger charge is 2.18. The van der Waals surface area contributed by atoms with Crippen LogP contribution in [0.4, 0.5) is 0 Å². The van der Waals surface area contributed by atoms with Crippen molar-refractivity contribution in [1.29, 1.82) is 0 Å². The monoisotopic (exact) mass is 235 g/mol. The molecule has 0 bridgehead atoms. The minimum Gasteiger partial charge on any atom is -0.389 e. The van der Waals surface area contributed by atoms with Gasteiger partial charge in [0.2, 0.25) is 0 Å². The van der Waals surface area contributed by atoms with E-state index in [0.29, 0.717) is 0 Å². The van der Waals surface area contributed by atoms with Crippen molar-refractivity contribution in [2.75, 3.05) is 0 Å². The zero-order valence-corrected chi connectivity index (χ0v) is 10.9. The molecule has 1 aromatic carbocycles. The molecule has 2 rings (SSSR count). The predicted molar refractivity (Wildman–Crippen MR) is 69.0 cm³/mol. The van der Waals surface area contributed by atoms with Crippen LogP contribution in [0.5, 0.6) is 0 Å². The number of aliphatic hydroxyl groups is 1. The van der Waals surface area contributed by atoms with E-state index in [2.05, 4.69) is 25.8 Å². The predicted octanol–water partition coefficient (Wildman–Crippen LogP) is 3.65. The molecule has 0 fully saturated rings. The highest BCUT2D eigenvalue weighted by molar-refractivity contribution is 7.18. The summed E-state index contributed by atoms with van der Waals surface area (Å²) in [7, 11) is 0. The van der Waals surface area contributed by atoms with Gasteiger partial charge in [0.25, 0.3) is 0 Å². The molecule has 1 N–H and O–H groups in total. The lowest BCUT2D eigenvalue weighted by atomic mass is 9.98. The maximum Gasteiger partial charge on any atom is 0.0992 e. The van der Waals surface area contributed by atoms with Crippen LogP contribution in [0.2, 0.25) is 0 Å². The number of thiazole rings is 1. The lowest BCUT2D eigenvalue weighted by Gasteiger charge is -2.13. The Kier molecular flexibility index (Phi) is 2.76. The fraction of sp³-hybridized carbons (Fsp3) is 0.462. The highest BCUT2D eigenvalue weighted by atomic mass is 32.1. The minimum atomic E-state index is -0.412. The SMILES string of the molecule is CC(O)c1ccc2nc(C(C)(C)C)sc2c1. The van der Waals surface area contributed by atoms with Gasteiger partial charge in [-0.3, -0.25) is 0 Å². The van der Waals surface area contributed by atoms with Crippen molar-refractivity contribution in [2.24, 2.45) is 0 Å². The summed E-state index contributed by atoms with van der Waals surface area (Å²) in [6.45, 7) is 8.29. The Hall–Kier alpha value is -0.930. The molecular weight excluding hydrogens is 218 g/mol. The van der Waals surface area contributed by atoms with E-state index in [1.54, 1.807) is 18.3 Å². The second kappa shape index (κ2) is 3.82. The van der Waals surface area contributed by atoms with E-state index >= 15 is 0 Å². The molecule has 0 saturated carbocycles. The van der Waals surface area contributed by atoms with Crippen LogP contribution in [0.3, 0.4) is 0 Å². The molecule has 2 nitrogen and oxygen atoms in total. The van der Waals surface area contributed by atoms with Crippen molar-refractivity contribution >= 4 is 21.6 Å². The van der Waals surface area contributed by atoms with Crippen molar-refractivity contribution in [2.45, 2.75) is 39.2 Å².